The highest BCUT2D eigenvalue weighted by Crippen LogP contribution is 2.31. The van der Waals surface area contributed by atoms with E-state index < -0.39 is 17.1 Å². The van der Waals surface area contributed by atoms with E-state index in [-0.39, 0.29) is 38.0 Å². The van der Waals surface area contributed by atoms with Crippen molar-refractivity contribution in [3.8, 4) is 5.75 Å². The Bertz CT molecular complexity index is 744. The minimum absolute atomic E-state index is 0.0183. The Morgan fingerprint density at radius 1 is 1.37 bits per heavy atom. The maximum Gasteiger partial charge on any atom is 0.294 e. The van der Waals surface area contributed by atoms with Crippen LogP contribution in [0.5, 0.6) is 5.75 Å². The van der Waals surface area contributed by atoms with Gasteiger partial charge >= 0.3 is 0 Å². The first-order chi connectivity index (χ1) is 14.4. The molecule has 0 saturated heterocycles. The van der Waals surface area contributed by atoms with Crippen LogP contribution in [0.2, 0.25) is 0 Å². The molecular formula is C19H28N4O7. The second kappa shape index (κ2) is 11.9. The van der Waals surface area contributed by atoms with Gasteiger partial charge in [-0.1, -0.05) is 13.0 Å². The molecule has 0 saturated carbocycles. The van der Waals surface area contributed by atoms with Gasteiger partial charge in [0.25, 0.3) is 5.09 Å². The van der Waals surface area contributed by atoms with Crippen molar-refractivity contribution in [1.82, 2.24) is 10.6 Å². The van der Waals surface area contributed by atoms with E-state index in [4.69, 9.17) is 4.74 Å². The number of ether oxygens (including phenoxy) is 1. The lowest BCUT2D eigenvalue weighted by Gasteiger charge is -2.21. The monoisotopic (exact) mass is 424 g/mol. The lowest BCUT2D eigenvalue weighted by molar-refractivity contribution is -0.758. The van der Waals surface area contributed by atoms with Crippen LogP contribution in [-0.2, 0) is 20.8 Å². The van der Waals surface area contributed by atoms with Gasteiger partial charge in [0.2, 0.25) is 11.8 Å². The van der Waals surface area contributed by atoms with Gasteiger partial charge in [0.05, 0.1) is 6.61 Å². The first-order valence-corrected chi connectivity index (χ1v) is 9.85. The van der Waals surface area contributed by atoms with Crippen LogP contribution in [0, 0.1) is 16.0 Å². The van der Waals surface area contributed by atoms with Gasteiger partial charge in [0, 0.05) is 43.2 Å². The van der Waals surface area contributed by atoms with E-state index >= 15 is 0 Å². The van der Waals surface area contributed by atoms with Gasteiger partial charge in [0.1, 0.15) is 18.5 Å². The fourth-order valence-electron chi connectivity index (χ4n) is 2.92. The van der Waals surface area contributed by atoms with Crippen LogP contribution >= 0.6 is 0 Å². The molecule has 2 atom stereocenters. The number of carbonyl (C=O) groups excluding carboxylic acids is 2. The highest BCUT2D eigenvalue weighted by Gasteiger charge is 2.19. The minimum Gasteiger partial charge on any atom is -0.490 e. The summed E-state index contributed by atoms with van der Waals surface area (Å²) in [5, 5.41) is 27.8. The van der Waals surface area contributed by atoms with E-state index in [1.807, 2.05) is 12.1 Å². The summed E-state index contributed by atoms with van der Waals surface area (Å²) in [4.78, 5) is 37.6. The molecule has 2 rings (SSSR count). The zero-order chi connectivity index (χ0) is 21.9. The molecule has 2 unspecified atom stereocenters. The standard InChI is InChI=1S/C19H28N4O7/c1-13(7-10-30-23(27)28)19(26)21-9-8-20-11-14(24)12-29-17-4-2-3-16-15(17)5-6-18(25)22-16/h2-4,13-14,20,24H,5-12H2,1H3,(H,21,26)(H,22,25). The molecule has 1 aliphatic rings. The second-order valence-electron chi connectivity index (χ2n) is 7.04. The third kappa shape index (κ3) is 7.84. The maximum absolute atomic E-state index is 11.9. The average Bonchev–Trinajstić information content (AvgIpc) is 2.71. The van der Waals surface area contributed by atoms with Gasteiger partial charge in [-0.05, 0) is 25.0 Å². The Hall–Kier alpha value is -2.92. The zero-order valence-electron chi connectivity index (χ0n) is 16.9. The zero-order valence-corrected chi connectivity index (χ0v) is 16.9. The fourth-order valence-corrected chi connectivity index (χ4v) is 2.92. The van der Waals surface area contributed by atoms with Gasteiger partial charge in [-0.3, -0.25) is 9.59 Å². The summed E-state index contributed by atoms with van der Waals surface area (Å²) in [5.74, 6) is 0.0169. The summed E-state index contributed by atoms with van der Waals surface area (Å²) in [7, 11) is 0. The van der Waals surface area contributed by atoms with Gasteiger partial charge in [-0.2, -0.15) is 0 Å². The van der Waals surface area contributed by atoms with Crippen LogP contribution in [0.4, 0.5) is 5.69 Å². The van der Waals surface area contributed by atoms with Crippen molar-refractivity contribution in [2.45, 2.75) is 32.3 Å². The predicted molar refractivity (Wildman–Crippen MR) is 108 cm³/mol. The van der Waals surface area contributed by atoms with Crippen molar-refractivity contribution in [3.63, 3.8) is 0 Å². The van der Waals surface area contributed by atoms with Crippen LogP contribution in [0.3, 0.4) is 0 Å². The van der Waals surface area contributed by atoms with E-state index in [1.165, 1.54) is 0 Å². The molecule has 1 heterocycles. The smallest absolute Gasteiger partial charge is 0.294 e. The van der Waals surface area contributed by atoms with Crippen molar-refractivity contribution in [2.75, 3.05) is 38.2 Å². The maximum atomic E-state index is 11.9. The molecule has 166 valence electrons. The van der Waals surface area contributed by atoms with Crippen LogP contribution in [0.25, 0.3) is 0 Å². The summed E-state index contributed by atoms with van der Waals surface area (Å²) >= 11 is 0. The number of rotatable bonds is 13. The van der Waals surface area contributed by atoms with E-state index in [1.54, 1.807) is 13.0 Å². The highest BCUT2D eigenvalue weighted by molar-refractivity contribution is 5.94. The van der Waals surface area contributed by atoms with Crippen molar-refractivity contribution in [1.29, 1.82) is 0 Å². The summed E-state index contributed by atoms with van der Waals surface area (Å²) in [6, 6.07) is 5.42. The Balaban J connectivity index is 1.59. The third-order valence-corrected chi connectivity index (χ3v) is 4.62. The van der Waals surface area contributed by atoms with Gasteiger partial charge in [-0.15, -0.1) is 10.1 Å². The molecule has 0 spiro atoms. The molecule has 1 aliphatic heterocycles. The lowest BCUT2D eigenvalue weighted by Crippen LogP contribution is -2.38. The number of benzene rings is 1. The van der Waals surface area contributed by atoms with Crippen LogP contribution < -0.4 is 20.7 Å². The van der Waals surface area contributed by atoms with Gasteiger partial charge in [-0.25, -0.2) is 0 Å². The molecule has 1 aromatic rings. The minimum atomic E-state index is -0.881. The Labute approximate surface area is 174 Å². The number of hydrogen-bond donors (Lipinski definition) is 4. The third-order valence-electron chi connectivity index (χ3n) is 4.62. The first-order valence-electron chi connectivity index (χ1n) is 9.85. The molecule has 11 nitrogen and oxygen atoms in total. The van der Waals surface area contributed by atoms with E-state index in [0.717, 1.165) is 11.3 Å². The number of aliphatic hydroxyl groups is 1. The quantitative estimate of drug-likeness (QED) is 0.200. The van der Waals surface area contributed by atoms with Crippen LogP contribution in [-0.4, -0.2) is 61.0 Å². The SMILES string of the molecule is CC(CCO[N+](=O)[O-])C(=O)NCCNCC(O)COc1cccc2c1CCC(=O)N2. The first kappa shape index (κ1) is 23.4. The number of nitrogens with zero attached hydrogens (tertiary/aromatic N) is 1. The molecule has 0 aromatic heterocycles. The molecule has 0 bridgehead atoms. The van der Waals surface area contributed by atoms with E-state index in [9.17, 15) is 24.8 Å². The molecule has 0 aliphatic carbocycles. The second-order valence-corrected chi connectivity index (χ2v) is 7.04. The summed E-state index contributed by atoms with van der Waals surface area (Å²) < 4.78 is 5.71. The highest BCUT2D eigenvalue weighted by atomic mass is 16.9. The molecule has 0 radical (unpaired) electrons. The Kier molecular flexibility index (Phi) is 9.29. The van der Waals surface area contributed by atoms with Gasteiger partial charge in [0.15, 0.2) is 0 Å². The van der Waals surface area contributed by atoms with E-state index in [2.05, 4.69) is 20.8 Å². The summed E-state index contributed by atoms with van der Waals surface area (Å²) in [6.07, 6.45) is 0.517. The van der Waals surface area contributed by atoms with Gasteiger partial charge < -0.3 is 30.6 Å². The van der Waals surface area contributed by atoms with Crippen molar-refractivity contribution in [3.05, 3.63) is 33.9 Å². The summed E-state index contributed by atoms with van der Waals surface area (Å²) in [6.45, 7) is 2.74. The number of anilines is 1. The predicted octanol–water partition coefficient (Wildman–Crippen LogP) is 0.251. The van der Waals surface area contributed by atoms with Crippen molar-refractivity contribution >= 4 is 17.5 Å². The Morgan fingerprint density at radius 2 is 2.17 bits per heavy atom. The number of hydrogen-bond acceptors (Lipinski definition) is 8. The number of fused-ring (bicyclic) bond motifs is 1. The number of nitrogens with one attached hydrogen (secondary N) is 3. The topological polar surface area (TPSA) is 152 Å². The molecule has 30 heavy (non-hydrogen) atoms. The largest absolute Gasteiger partial charge is 0.490 e. The lowest BCUT2D eigenvalue weighted by atomic mass is 10.0. The molecule has 1 aromatic carbocycles. The van der Waals surface area contributed by atoms with Crippen molar-refractivity contribution < 1.29 is 29.4 Å². The van der Waals surface area contributed by atoms with E-state index in [0.29, 0.717) is 31.7 Å². The summed E-state index contributed by atoms with van der Waals surface area (Å²) in [5.41, 5.74) is 1.67. The number of aliphatic hydroxyl groups excluding tert-OH is 1. The molecule has 2 amide bonds. The normalized spacial score (nSPS) is 14.8. The van der Waals surface area contributed by atoms with Crippen molar-refractivity contribution in [2.24, 2.45) is 5.92 Å². The molecule has 4 N–H and O–H groups in total. The molecule has 11 heteroatoms. The Morgan fingerprint density at radius 3 is 2.93 bits per heavy atom. The average molecular weight is 424 g/mol. The number of amides is 2. The fraction of sp³-hybridized carbons (Fsp3) is 0.579. The van der Waals surface area contributed by atoms with Crippen LogP contribution in [0.15, 0.2) is 18.2 Å². The molecular weight excluding hydrogens is 396 g/mol. The molecule has 0 fully saturated rings. The number of carbonyl (C=O) groups is 2. The van der Waals surface area contributed by atoms with Crippen LogP contribution in [0.1, 0.15) is 25.3 Å².